The van der Waals surface area contributed by atoms with Crippen LogP contribution in [0.4, 0.5) is 4.39 Å². The first-order valence-corrected chi connectivity index (χ1v) is 10.7. The van der Waals surface area contributed by atoms with Gasteiger partial charge in [0, 0.05) is 24.9 Å². The van der Waals surface area contributed by atoms with E-state index in [4.69, 9.17) is 4.74 Å². The summed E-state index contributed by atoms with van der Waals surface area (Å²) in [6, 6.07) is 4.67. The van der Waals surface area contributed by atoms with Crippen molar-refractivity contribution in [3.05, 3.63) is 41.0 Å². The molecule has 4 rings (SSSR count). The average Bonchev–Trinajstić information content (AvgIpc) is 3.08. The third kappa shape index (κ3) is 3.14. The molecule has 2 bridgehead atoms. The Hall–Kier alpha value is -1.93. The van der Waals surface area contributed by atoms with Gasteiger partial charge in [0.15, 0.2) is 11.6 Å². The van der Waals surface area contributed by atoms with Gasteiger partial charge in [-0.25, -0.2) is 12.8 Å². The lowest BCUT2D eigenvalue weighted by Gasteiger charge is -2.37. The summed E-state index contributed by atoms with van der Waals surface area (Å²) in [5, 5.41) is 6.80. The molecule has 1 aromatic carbocycles. The Morgan fingerprint density at radius 3 is 2.41 bits per heavy atom. The molecule has 146 valence electrons. The van der Waals surface area contributed by atoms with Crippen molar-refractivity contribution in [1.82, 2.24) is 14.5 Å². The van der Waals surface area contributed by atoms with Gasteiger partial charge >= 0.3 is 0 Å². The van der Waals surface area contributed by atoms with Crippen LogP contribution in [0, 0.1) is 26.6 Å². The number of ether oxygens (including phenoxy) is 1. The predicted octanol–water partition coefficient (Wildman–Crippen LogP) is 3.24. The van der Waals surface area contributed by atoms with Gasteiger partial charge in [-0.2, -0.15) is 9.40 Å². The fraction of sp³-hybridized carbons (Fsp3) is 0.526. The van der Waals surface area contributed by atoms with Crippen molar-refractivity contribution in [1.29, 1.82) is 0 Å². The van der Waals surface area contributed by atoms with E-state index in [0.29, 0.717) is 24.2 Å². The highest BCUT2D eigenvalue weighted by Crippen LogP contribution is 2.41. The standard InChI is InChI=1S/C19H24FN3O3S/c1-11-4-7-18(17(20)8-11)26-16-9-14-5-6-15(10-16)23(14)27(24,25)19-12(2)21-22-13(19)3/h4,7-8,14-16H,5-6,9-10H2,1-3H3,(H,21,22). The maximum atomic E-state index is 14.1. The smallest absolute Gasteiger partial charge is 0.247 e. The van der Waals surface area contributed by atoms with Gasteiger partial charge in [-0.05, 0) is 51.3 Å². The lowest BCUT2D eigenvalue weighted by atomic mass is 10.0. The molecule has 2 saturated heterocycles. The van der Waals surface area contributed by atoms with Crippen molar-refractivity contribution >= 4 is 10.0 Å². The first kappa shape index (κ1) is 18.4. The maximum absolute atomic E-state index is 14.1. The zero-order valence-corrected chi connectivity index (χ0v) is 16.5. The third-order valence-electron chi connectivity index (χ3n) is 5.60. The first-order chi connectivity index (χ1) is 12.8. The number of nitrogens with one attached hydrogen (secondary N) is 1. The number of aromatic nitrogens is 2. The summed E-state index contributed by atoms with van der Waals surface area (Å²) in [4.78, 5) is 0.281. The second kappa shape index (κ2) is 6.60. The van der Waals surface area contributed by atoms with Crippen LogP contribution in [0.25, 0.3) is 0 Å². The van der Waals surface area contributed by atoms with Crippen LogP contribution in [0.3, 0.4) is 0 Å². The quantitative estimate of drug-likeness (QED) is 0.865. The molecule has 27 heavy (non-hydrogen) atoms. The minimum Gasteiger partial charge on any atom is -0.487 e. The van der Waals surface area contributed by atoms with E-state index < -0.39 is 10.0 Å². The van der Waals surface area contributed by atoms with E-state index in [0.717, 1.165) is 18.4 Å². The zero-order chi connectivity index (χ0) is 19.3. The highest BCUT2D eigenvalue weighted by molar-refractivity contribution is 7.89. The van der Waals surface area contributed by atoms with Crippen LogP contribution < -0.4 is 4.74 Å². The monoisotopic (exact) mass is 393 g/mol. The summed E-state index contributed by atoms with van der Waals surface area (Å²) >= 11 is 0. The van der Waals surface area contributed by atoms with E-state index in [1.165, 1.54) is 6.07 Å². The molecule has 2 unspecified atom stereocenters. The molecule has 0 saturated carbocycles. The third-order valence-corrected chi connectivity index (χ3v) is 7.87. The molecule has 1 aromatic heterocycles. The van der Waals surface area contributed by atoms with Crippen molar-refractivity contribution in [2.45, 2.75) is 69.5 Å². The molecule has 2 atom stereocenters. The SMILES string of the molecule is Cc1ccc(OC2CC3CCC(C2)N3S(=O)(=O)c2c(C)n[nH]c2C)c(F)c1. The van der Waals surface area contributed by atoms with E-state index in [1.54, 1.807) is 24.2 Å². The summed E-state index contributed by atoms with van der Waals surface area (Å²) in [5.74, 6) is -0.134. The number of hydrogen-bond acceptors (Lipinski definition) is 4. The van der Waals surface area contributed by atoms with Gasteiger partial charge < -0.3 is 4.74 Å². The van der Waals surface area contributed by atoms with Gasteiger partial charge in [0.1, 0.15) is 11.0 Å². The minimum atomic E-state index is -3.62. The van der Waals surface area contributed by atoms with Crippen LogP contribution in [0.5, 0.6) is 5.75 Å². The van der Waals surface area contributed by atoms with Crippen molar-refractivity contribution < 1.29 is 17.5 Å². The summed E-state index contributed by atoms with van der Waals surface area (Å²) in [6.45, 7) is 5.26. The molecular formula is C19H24FN3O3S. The van der Waals surface area contributed by atoms with Crippen LogP contribution in [0.2, 0.25) is 0 Å². The van der Waals surface area contributed by atoms with E-state index in [9.17, 15) is 12.8 Å². The number of rotatable bonds is 4. The Morgan fingerprint density at radius 2 is 1.85 bits per heavy atom. The number of aromatic amines is 1. The normalized spacial score (nSPS) is 25.7. The Bertz CT molecular complexity index is 939. The molecular weight excluding hydrogens is 369 g/mol. The number of halogens is 1. The molecule has 2 aliphatic rings. The average molecular weight is 393 g/mol. The summed E-state index contributed by atoms with van der Waals surface area (Å²) < 4.78 is 48.2. The van der Waals surface area contributed by atoms with Gasteiger partial charge in [-0.15, -0.1) is 0 Å². The maximum Gasteiger partial charge on any atom is 0.247 e. The van der Waals surface area contributed by atoms with Gasteiger partial charge in [0.05, 0.1) is 11.4 Å². The minimum absolute atomic E-state index is 0.124. The Labute approximate surface area is 158 Å². The van der Waals surface area contributed by atoms with Crippen LogP contribution in [-0.4, -0.2) is 41.1 Å². The number of H-pyrrole nitrogens is 1. The largest absolute Gasteiger partial charge is 0.487 e. The number of nitrogens with zero attached hydrogens (tertiary/aromatic N) is 2. The van der Waals surface area contributed by atoms with E-state index in [2.05, 4.69) is 10.2 Å². The molecule has 0 radical (unpaired) electrons. The van der Waals surface area contributed by atoms with Crippen LogP contribution >= 0.6 is 0 Å². The second-order valence-electron chi connectivity index (χ2n) is 7.63. The van der Waals surface area contributed by atoms with Crippen LogP contribution in [0.1, 0.15) is 42.6 Å². The van der Waals surface area contributed by atoms with Crippen molar-refractivity contribution in [3.63, 3.8) is 0 Å². The van der Waals surface area contributed by atoms with Crippen molar-refractivity contribution in [2.75, 3.05) is 0 Å². The fourth-order valence-corrected chi connectivity index (χ4v) is 6.71. The first-order valence-electron chi connectivity index (χ1n) is 9.25. The molecule has 2 aliphatic heterocycles. The number of piperidine rings is 1. The molecule has 0 spiro atoms. The highest BCUT2D eigenvalue weighted by Gasteiger charge is 2.49. The summed E-state index contributed by atoms with van der Waals surface area (Å²) in [7, 11) is -3.62. The second-order valence-corrected chi connectivity index (χ2v) is 9.41. The van der Waals surface area contributed by atoms with Gasteiger partial charge in [-0.1, -0.05) is 6.07 Å². The fourth-order valence-electron chi connectivity index (χ4n) is 4.48. The van der Waals surface area contributed by atoms with Crippen LogP contribution in [-0.2, 0) is 10.0 Å². The van der Waals surface area contributed by atoms with E-state index >= 15 is 0 Å². The number of hydrogen-bond donors (Lipinski definition) is 1. The Kier molecular flexibility index (Phi) is 4.50. The van der Waals surface area contributed by atoms with Crippen LogP contribution in [0.15, 0.2) is 23.1 Å². The molecule has 0 amide bonds. The summed E-state index contributed by atoms with van der Waals surface area (Å²) in [5.41, 5.74) is 1.89. The Balaban J connectivity index is 1.56. The number of sulfonamides is 1. The van der Waals surface area contributed by atoms with E-state index in [1.807, 2.05) is 13.0 Å². The molecule has 2 fully saturated rings. The van der Waals surface area contributed by atoms with Crippen molar-refractivity contribution in [3.8, 4) is 5.75 Å². The summed E-state index contributed by atoms with van der Waals surface area (Å²) in [6.07, 6.45) is 2.56. The van der Waals surface area contributed by atoms with Gasteiger partial charge in [0.25, 0.3) is 0 Å². The molecule has 2 aromatic rings. The lowest BCUT2D eigenvalue weighted by Crippen LogP contribution is -2.49. The number of fused-ring (bicyclic) bond motifs is 2. The topological polar surface area (TPSA) is 75.3 Å². The molecule has 6 nitrogen and oxygen atoms in total. The number of benzene rings is 1. The van der Waals surface area contributed by atoms with Gasteiger partial charge in [0.2, 0.25) is 10.0 Å². The van der Waals surface area contributed by atoms with Crippen molar-refractivity contribution in [2.24, 2.45) is 0 Å². The molecule has 3 heterocycles. The lowest BCUT2D eigenvalue weighted by molar-refractivity contribution is 0.0921. The van der Waals surface area contributed by atoms with Gasteiger partial charge in [-0.3, -0.25) is 5.10 Å². The van der Waals surface area contributed by atoms with E-state index in [-0.39, 0.29) is 34.6 Å². The predicted molar refractivity (Wildman–Crippen MR) is 98.7 cm³/mol. The Morgan fingerprint density at radius 1 is 1.19 bits per heavy atom. The highest BCUT2D eigenvalue weighted by atomic mass is 32.2. The molecule has 0 aliphatic carbocycles. The number of aryl methyl sites for hydroxylation is 3. The zero-order valence-electron chi connectivity index (χ0n) is 15.7. The molecule has 8 heteroatoms. The molecule has 1 N–H and O–H groups in total.